The molecule has 8 nitrogen and oxygen atoms in total. The number of sulfonamides is 1. The molecular formula is C30H36ClN3O5S. The molecule has 3 aromatic carbocycles. The van der Waals surface area contributed by atoms with Crippen molar-refractivity contribution in [3.05, 3.63) is 89.4 Å². The first-order valence-electron chi connectivity index (χ1n) is 13.3. The zero-order valence-electron chi connectivity index (χ0n) is 23.0. The monoisotopic (exact) mass is 585 g/mol. The van der Waals surface area contributed by atoms with Crippen LogP contribution in [0.15, 0.2) is 83.8 Å². The largest absolute Gasteiger partial charge is 0.492 e. The van der Waals surface area contributed by atoms with E-state index in [0.717, 1.165) is 22.7 Å². The van der Waals surface area contributed by atoms with Gasteiger partial charge in [-0.3, -0.25) is 13.9 Å². The van der Waals surface area contributed by atoms with Gasteiger partial charge in [-0.05, 0) is 62.2 Å². The maximum atomic E-state index is 14.0. The Kier molecular flexibility index (Phi) is 11.4. The third-order valence-corrected chi connectivity index (χ3v) is 8.33. The number of carbonyl (C=O) groups excluding carboxylic acids is 2. The van der Waals surface area contributed by atoms with Crippen LogP contribution in [0.4, 0.5) is 5.69 Å². The van der Waals surface area contributed by atoms with Gasteiger partial charge in [-0.1, -0.05) is 67.4 Å². The van der Waals surface area contributed by atoms with Crippen molar-refractivity contribution in [2.45, 2.75) is 51.1 Å². The lowest BCUT2D eigenvalue weighted by Crippen LogP contribution is -2.51. The Hall–Kier alpha value is -3.56. The van der Waals surface area contributed by atoms with Crippen molar-refractivity contribution >= 4 is 39.1 Å². The molecule has 1 N–H and O–H groups in total. The van der Waals surface area contributed by atoms with Crippen LogP contribution in [0.3, 0.4) is 0 Å². The average Bonchev–Trinajstić information content (AvgIpc) is 2.95. The van der Waals surface area contributed by atoms with Crippen LogP contribution in [0.5, 0.6) is 5.75 Å². The maximum absolute atomic E-state index is 14.0. The summed E-state index contributed by atoms with van der Waals surface area (Å²) in [5.41, 5.74) is 1.03. The summed E-state index contributed by atoms with van der Waals surface area (Å²) >= 11 is 6.01. The molecule has 0 fully saturated rings. The summed E-state index contributed by atoms with van der Waals surface area (Å²) in [6.07, 6.45) is 1.73. The maximum Gasteiger partial charge on any atom is 0.264 e. The predicted molar refractivity (Wildman–Crippen MR) is 158 cm³/mol. The molecule has 1 atom stereocenters. The number of unbranched alkanes of at least 4 members (excludes halogenated alkanes) is 1. The van der Waals surface area contributed by atoms with Crippen molar-refractivity contribution < 1.29 is 22.7 Å². The summed E-state index contributed by atoms with van der Waals surface area (Å²) in [7, 11) is -4.23. The van der Waals surface area contributed by atoms with E-state index < -0.39 is 28.5 Å². The van der Waals surface area contributed by atoms with Crippen LogP contribution in [0.2, 0.25) is 5.02 Å². The molecule has 0 aliphatic carbocycles. The molecule has 2 amide bonds. The second-order valence-corrected chi connectivity index (χ2v) is 11.5. The minimum absolute atomic E-state index is 0.0315. The number of nitrogens with one attached hydrogen (secondary N) is 1. The van der Waals surface area contributed by atoms with Crippen molar-refractivity contribution in [1.82, 2.24) is 10.2 Å². The summed E-state index contributed by atoms with van der Waals surface area (Å²) in [6, 6.07) is 20.8. The number of para-hydroxylation sites is 2. The summed E-state index contributed by atoms with van der Waals surface area (Å²) in [4.78, 5) is 28.4. The second kappa shape index (κ2) is 14.7. The molecule has 0 unspecified atom stereocenters. The Balaban J connectivity index is 2.04. The van der Waals surface area contributed by atoms with Crippen LogP contribution in [0, 0.1) is 0 Å². The number of hydrogen-bond donors (Lipinski definition) is 1. The first-order chi connectivity index (χ1) is 19.2. The van der Waals surface area contributed by atoms with E-state index in [1.165, 1.54) is 29.2 Å². The van der Waals surface area contributed by atoms with Crippen LogP contribution in [0.25, 0.3) is 0 Å². The summed E-state index contributed by atoms with van der Waals surface area (Å²) in [6.45, 7) is 5.84. The Bertz CT molecular complexity index is 1370. The van der Waals surface area contributed by atoms with Gasteiger partial charge in [0.25, 0.3) is 10.0 Å². The average molecular weight is 586 g/mol. The Labute approximate surface area is 241 Å². The van der Waals surface area contributed by atoms with Crippen molar-refractivity contribution in [1.29, 1.82) is 0 Å². The molecule has 0 aliphatic heterocycles. The number of anilines is 1. The zero-order valence-corrected chi connectivity index (χ0v) is 24.6. The fourth-order valence-corrected chi connectivity index (χ4v) is 5.64. The number of ether oxygens (including phenoxy) is 1. The molecule has 3 aromatic rings. The second-order valence-electron chi connectivity index (χ2n) is 9.19. The molecule has 0 radical (unpaired) electrons. The molecule has 214 valence electrons. The lowest BCUT2D eigenvalue weighted by atomic mass is 10.1. The number of hydrogen-bond acceptors (Lipinski definition) is 5. The fourth-order valence-electron chi connectivity index (χ4n) is 4.09. The molecule has 0 aromatic heterocycles. The van der Waals surface area contributed by atoms with Crippen LogP contribution >= 0.6 is 11.6 Å². The highest BCUT2D eigenvalue weighted by molar-refractivity contribution is 7.92. The lowest BCUT2D eigenvalue weighted by molar-refractivity contribution is -0.139. The Morgan fingerprint density at radius 2 is 1.60 bits per heavy atom. The number of carbonyl (C=O) groups is 2. The molecule has 0 heterocycles. The smallest absolute Gasteiger partial charge is 0.264 e. The fraction of sp³-hybridized carbons (Fsp3) is 0.333. The molecular weight excluding hydrogens is 550 g/mol. The number of nitrogens with zero attached hydrogens (tertiary/aromatic N) is 2. The standard InChI is InChI=1S/C30H36ClN3O5S/c1-4-6-20-32-30(36)23(3)33(21-24-12-8-7-9-13-24)29(35)22-34(27-14-10-11-15-28(27)39-5-2)40(37,38)26-18-16-25(31)17-19-26/h7-19,23H,4-6,20-22H2,1-3H3,(H,32,36)/t23-/m0/s1. The summed E-state index contributed by atoms with van der Waals surface area (Å²) in [5.74, 6) is -0.527. The predicted octanol–water partition coefficient (Wildman–Crippen LogP) is 5.27. The third kappa shape index (κ3) is 7.99. The van der Waals surface area contributed by atoms with Gasteiger partial charge in [0.2, 0.25) is 11.8 Å². The molecule has 0 saturated carbocycles. The van der Waals surface area contributed by atoms with Crippen molar-refractivity contribution in [3.8, 4) is 5.75 Å². The van der Waals surface area contributed by atoms with Crippen LogP contribution < -0.4 is 14.4 Å². The summed E-state index contributed by atoms with van der Waals surface area (Å²) in [5, 5.41) is 3.26. The Morgan fingerprint density at radius 3 is 2.25 bits per heavy atom. The zero-order chi connectivity index (χ0) is 29.1. The Morgan fingerprint density at radius 1 is 0.950 bits per heavy atom. The first-order valence-corrected chi connectivity index (χ1v) is 15.1. The van der Waals surface area contributed by atoms with E-state index >= 15 is 0 Å². The minimum atomic E-state index is -4.23. The molecule has 0 aliphatic rings. The van der Waals surface area contributed by atoms with Crippen LogP contribution in [0.1, 0.15) is 39.2 Å². The van der Waals surface area contributed by atoms with Gasteiger partial charge in [-0.2, -0.15) is 0 Å². The molecule has 3 rings (SSSR count). The van der Waals surface area contributed by atoms with E-state index in [1.54, 1.807) is 38.1 Å². The number of halogens is 1. The normalized spacial score (nSPS) is 11.9. The van der Waals surface area contributed by atoms with Gasteiger partial charge >= 0.3 is 0 Å². The highest BCUT2D eigenvalue weighted by atomic mass is 35.5. The van der Waals surface area contributed by atoms with E-state index in [9.17, 15) is 18.0 Å². The van der Waals surface area contributed by atoms with Crippen LogP contribution in [-0.2, 0) is 26.2 Å². The van der Waals surface area contributed by atoms with Gasteiger partial charge in [0.05, 0.1) is 17.2 Å². The topological polar surface area (TPSA) is 96.0 Å². The quantitative estimate of drug-likeness (QED) is 0.260. The van der Waals surface area contributed by atoms with Gasteiger partial charge in [0.15, 0.2) is 0 Å². The number of rotatable bonds is 14. The van der Waals surface area contributed by atoms with E-state index in [0.29, 0.717) is 23.9 Å². The van der Waals surface area contributed by atoms with E-state index in [-0.39, 0.29) is 23.0 Å². The highest BCUT2D eigenvalue weighted by Crippen LogP contribution is 2.33. The van der Waals surface area contributed by atoms with E-state index in [1.807, 2.05) is 37.3 Å². The lowest BCUT2D eigenvalue weighted by Gasteiger charge is -2.32. The van der Waals surface area contributed by atoms with Gasteiger partial charge in [-0.25, -0.2) is 8.42 Å². The SMILES string of the molecule is CCCCNC(=O)[C@H](C)N(Cc1ccccc1)C(=O)CN(c1ccccc1OCC)S(=O)(=O)c1ccc(Cl)cc1. The molecule has 0 bridgehead atoms. The molecule has 0 spiro atoms. The minimum Gasteiger partial charge on any atom is -0.492 e. The van der Waals surface area contributed by atoms with Gasteiger partial charge in [0, 0.05) is 18.1 Å². The van der Waals surface area contributed by atoms with Gasteiger partial charge in [-0.15, -0.1) is 0 Å². The first kappa shape index (κ1) is 31.0. The van der Waals surface area contributed by atoms with E-state index in [4.69, 9.17) is 16.3 Å². The van der Waals surface area contributed by atoms with E-state index in [2.05, 4.69) is 5.32 Å². The van der Waals surface area contributed by atoms with Gasteiger partial charge < -0.3 is 15.0 Å². The van der Waals surface area contributed by atoms with Crippen LogP contribution in [-0.4, -0.2) is 50.9 Å². The van der Waals surface area contributed by atoms with Crippen molar-refractivity contribution in [2.75, 3.05) is 24.0 Å². The summed E-state index contributed by atoms with van der Waals surface area (Å²) < 4.78 is 34.7. The highest BCUT2D eigenvalue weighted by Gasteiger charge is 2.33. The molecule has 40 heavy (non-hydrogen) atoms. The van der Waals surface area contributed by atoms with Crippen molar-refractivity contribution in [3.63, 3.8) is 0 Å². The number of amides is 2. The third-order valence-electron chi connectivity index (χ3n) is 6.31. The van der Waals surface area contributed by atoms with Gasteiger partial charge in [0.1, 0.15) is 18.3 Å². The van der Waals surface area contributed by atoms with Crippen molar-refractivity contribution in [2.24, 2.45) is 0 Å². The number of benzene rings is 3. The molecule has 0 saturated heterocycles. The molecule has 10 heteroatoms.